The van der Waals surface area contributed by atoms with Gasteiger partial charge in [-0.05, 0) is 29.9 Å². The zero-order chi connectivity index (χ0) is 15.1. The SMILES string of the molecule is COCCNC(=S)Nc1ccn(Cc2ccc(Br)cc2)n1. The summed E-state index contributed by atoms with van der Waals surface area (Å²) in [5, 5.41) is 11.1. The normalized spacial score (nSPS) is 10.4. The van der Waals surface area contributed by atoms with Crippen molar-refractivity contribution in [1.82, 2.24) is 15.1 Å². The number of rotatable bonds is 6. The second-order valence-electron chi connectivity index (χ2n) is 4.40. The Morgan fingerprint density at radius 3 is 2.81 bits per heavy atom. The van der Waals surface area contributed by atoms with E-state index in [1.807, 2.05) is 29.1 Å². The van der Waals surface area contributed by atoms with Crippen molar-refractivity contribution in [2.45, 2.75) is 6.54 Å². The molecule has 0 bridgehead atoms. The fourth-order valence-corrected chi connectivity index (χ4v) is 2.19. The van der Waals surface area contributed by atoms with E-state index in [4.69, 9.17) is 17.0 Å². The van der Waals surface area contributed by atoms with Gasteiger partial charge in [-0.2, -0.15) is 5.10 Å². The van der Waals surface area contributed by atoms with E-state index in [1.165, 1.54) is 5.56 Å². The predicted octanol–water partition coefficient (Wildman–Crippen LogP) is 2.63. The molecule has 5 nitrogen and oxygen atoms in total. The van der Waals surface area contributed by atoms with Gasteiger partial charge >= 0.3 is 0 Å². The third kappa shape index (κ3) is 5.45. The van der Waals surface area contributed by atoms with Gasteiger partial charge in [0, 0.05) is 30.4 Å². The van der Waals surface area contributed by atoms with Gasteiger partial charge in [-0.3, -0.25) is 4.68 Å². The minimum absolute atomic E-state index is 0.543. The van der Waals surface area contributed by atoms with Crippen LogP contribution in [0.25, 0.3) is 0 Å². The summed E-state index contributed by atoms with van der Waals surface area (Å²) in [6, 6.07) is 10.1. The van der Waals surface area contributed by atoms with Crippen LogP contribution in [0, 0.1) is 0 Å². The molecule has 0 radical (unpaired) electrons. The lowest BCUT2D eigenvalue weighted by Crippen LogP contribution is -2.31. The predicted molar refractivity (Wildman–Crippen MR) is 91.6 cm³/mol. The summed E-state index contributed by atoms with van der Waals surface area (Å²) in [7, 11) is 1.65. The van der Waals surface area contributed by atoms with Crippen molar-refractivity contribution in [1.29, 1.82) is 0 Å². The van der Waals surface area contributed by atoms with Gasteiger partial charge in [0.1, 0.15) is 0 Å². The van der Waals surface area contributed by atoms with E-state index in [2.05, 4.69) is 43.8 Å². The Bertz CT molecular complexity index is 585. The molecule has 0 aliphatic heterocycles. The molecule has 1 aromatic carbocycles. The molecule has 2 N–H and O–H groups in total. The number of ether oxygens (including phenoxy) is 1. The van der Waals surface area contributed by atoms with E-state index in [0.29, 0.717) is 18.3 Å². The lowest BCUT2D eigenvalue weighted by atomic mass is 10.2. The van der Waals surface area contributed by atoms with Crippen LogP contribution in [0.2, 0.25) is 0 Å². The van der Waals surface area contributed by atoms with Crippen LogP contribution in [0.15, 0.2) is 41.0 Å². The number of thiocarbonyl (C=S) groups is 1. The molecule has 7 heteroatoms. The highest BCUT2D eigenvalue weighted by atomic mass is 79.9. The van der Waals surface area contributed by atoms with E-state index in [1.54, 1.807) is 7.11 Å². The number of hydrogen-bond acceptors (Lipinski definition) is 3. The molecule has 0 aliphatic carbocycles. The third-order valence-electron chi connectivity index (χ3n) is 2.73. The maximum Gasteiger partial charge on any atom is 0.172 e. The smallest absolute Gasteiger partial charge is 0.172 e. The average Bonchev–Trinajstić information content (AvgIpc) is 2.89. The molecule has 0 atom stereocenters. The van der Waals surface area contributed by atoms with Gasteiger partial charge in [-0.1, -0.05) is 28.1 Å². The Kier molecular flexibility index (Phi) is 6.16. The van der Waals surface area contributed by atoms with Crippen molar-refractivity contribution >= 4 is 39.1 Å². The average molecular weight is 369 g/mol. The van der Waals surface area contributed by atoms with Gasteiger partial charge in [-0.25, -0.2) is 0 Å². The monoisotopic (exact) mass is 368 g/mol. The van der Waals surface area contributed by atoms with Gasteiger partial charge in [-0.15, -0.1) is 0 Å². The minimum atomic E-state index is 0.543. The summed E-state index contributed by atoms with van der Waals surface area (Å²) >= 11 is 8.60. The Morgan fingerprint density at radius 1 is 1.33 bits per heavy atom. The zero-order valence-corrected chi connectivity index (χ0v) is 14.1. The van der Waals surface area contributed by atoms with Gasteiger partial charge in [0.2, 0.25) is 0 Å². The van der Waals surface area contributed by atoms with Crippen molar-refractivity contribution in [2.75, 3.05) is 25.6 Å². The first-order chi connectivity index (χ1) is 10.2. The molecule has 0 aliphatic rings. The number of benzene rings is 1. The van der Waals surface area contributed by atoms with Crippen molar-refractivity contribution in [3.8, 4) is 0 Å². The molecule has 0 saturated heterocycles. The Morgan fingerprint density at radius 2 is 2.10 bits per heavy atom. The number of anilines is 1. The fraction of sp³-hybridized carbons (Fsp3) is 0.286. The van der Waals surface area contributed by atoms with Crippen molar-refractivity contribution in [3.05, 3.63) is 46.6 Å². The summed E-state index contributed by atoms with van der Waals surface area (Å²) in [4.78, 5) is 0. The number of hydrogen-bond donors (Lipinski definition) is 2. The molecule has 1 aromatic heterocycles. The van der Waals surface area contributed by atoms with Crippen molar-refractivity contribution in [2.24, 2.45) is 0 Å². The van der Waals surface area contributed by atoms with Crippen LogP contribution in [0.4, 0.5) is 5.82 Å². The molecule has 0 amide bonds. The molecule has 0 spiro atoms. The van der Waals surface area contributed by atoms with Crippen molar-refractivity contribution in [3.63, 3.8) is 0 Å². The van der Waals surface area contributed by atoms with Gasteiger partial charge in [0.05, 0.1) is 13.2 Å². The highest BCUT2D eigenvalue weighted by Crippen LogP contribution is 2.12. The highest BCUT2D eigenvalue weighted by molar-refractivity contribution is 9.10. The van der Waals surface area contributed by atoms with E-state index >= 15 is 0 Å². The molecule has 0 unspecified atom stereocenters. The van der Waals surface area contributed by atoms with E-state index in [-0.39, 0.29) is 0 Å². The van der Waals surface area contributed by atoms with Crippen LogP contribution in [-0.4, -0.2) is 35.2 Å². The van der Waals surface area contributed by atoms with Gasteiger partial charge in [0.25, 0.3) is 0 Å². The molecule has 2 aromatic rings. The van der Waals surface area contributed by atoms with Gasteiger partial charge < -0.3 is 15.4 Å². The van der Waals surface area contributed by atoms with Crippen LogP contribution in [-0.2, 0) is 11.3 Å². The molecule has 112 valence electrons. The number of nitrogens with one attached hydrogen (secondary N) is 2. The number of nitrogens with zero attached hydrogens (tertiary/aromatic N) is 2. The standard InChI is InChI=1S/C14H17BrN4OS/c1-20-9-7-16-14(21)17-13-6-8-19(18-13)10-11-2-4-12(15)5-3-11/h2-6,8H,7,9-10H2,1H3,(H2,16,17,18,21). The molecule has 1 heterocycles. The second kappa shape index (κ2) is 8.11. The van der Waals surface area contributed by atoms with E-state index < -0.39 is 0 Å². The summed E-state index contributed by atoms with van der Waals surface area (Å²) in [6.07, 6.45) is 1.92. The summed E-state index contributed by atoms with van der Waals surface area (Å²) < 4.78 is 7.88. The Labute approximate surface area is 137 Å². The van der Waals surface area contributed by atoms with E-state index in [0.717, 1.165) is 16.8 Å². The molecular weight excluding hydrogens is 352 g/mol. The number of aromatic nitrogens is 2. The lowest BCUT2D eigenvalue weighted by Gasteiger charge is -2.07. The van der Waals surface area contributed by atoms with Gasteiger partial charge in [0.15, 0.2) is 10.9 Å². The van der Waals surface area contributed by atoms with Crippen LogP contribution in [0.3, 0.4) is 0 Å². The fourth-order valence-electron chi connectivity index (χ4n) is 1.72. The maximum atomic E-state index is 5.17. The molecular formula is C14H17BrN4OS. The van der Waals surface area contributed by atoms with Crippen molar-refractivity contribution < 1.29 is 4.74 Å². The molecule has 2 rings (SSSR count). The first kappa shape index (κ1) is 15.9. The number of halogens is 1. The van der Waals surface area contributed by atoms with E-state index in [9.17, 15) is 0 Å². The first-order valence-corrected chi connectivity index (χ1v) is 7.69. The topological polar surface area (TPSA) is 51.1 Å². The van der Waals surface area contributed by atoms with Crippen LogP contribution >= 0.6 is 28.1 Å². The summed E-state index contributed by atoms with van der Waals surface area (Å²) in [6.45, 7) is 2.00. The highest BCUT2D eigenvalue weighted by Gasteiger charge is 2.02. The number of methoxy groups -OCH3 is 1. The second-order valence-corrected chi connectivity index (χ2v) is 5.72. The molecule has 0 fully saturated rings. The largest absolute Gasteiger partial charge is 0.383 e. The lowest BCUT2D eigenvalue weighted by molar-refractivity contribution is 0.204. The third-order valence-corrected chi connectivity index (χ3v) is 3.51. The molecule has 0 saturated carbocycles. The summed E-state index contributed by atoms with van der Waals surface area (Å²) in [5.74, 6) is 0.724. The zero-order valence-electron chi connectivity index (χ0n) is 11.7. The quantitative estimate of drug-likeness (QED) is 0.606. The minimum Gasteiger partial charge on any atom is -0.383 e. The Balaban J connectivity index is 1.86. The molecule has 21 heavy (non-hydrogen) atoms. The van der Waals surface area contributed by atoms with Crippen LogP contribution < -0.4 is 10.6 Å². The van der Waals surface area contributed by atoms with Crippen LogP contribution in [0.5, 0.6) is 0 Å². The van der Waals surface area contributed by atoms with Crippen LogP contribution in [0.1, 0.15) is 5.56 Å². The Hall–Kier alpha value is -1.44. The summed E-state index contributed by atoms with van der Waals surface area (Å²) in [5.41, 5.74) is 1.19. The first-order valence-electron chi connectivity index (χ1n) is 6.49. The maximum absolute atomic E-state index is 5.17.